The van der Waals surface area contributed by atoms with Crippen molar-refractivity contribution in [2.75, 3.05) is 0 Å². The van der Waals surface area contributed by atoms with Gasteiger partial charge in [-0.1, -0.05) is 41.4 Å². The minimum Gasteiger partial charge on any atom is -0.388 e. The van der Waals surface area contributed by atoms with E-state index >= 15 is 0 Å². The second kappa shape index (κ2) is 5.94. The molecule has 3 unspecified atom stereocenters. The standard InChI is InChI=1S/C15H20BrClO/c1-9-3-10(2)5-11(4-9)15(18)12-6-13(16)8-14(17)7-12/h6-11,15,18H,3-5H2,1-2H3. The zero-order valence-corrected chi connectivity index (χ0v) is 13.2. The van der Waals surface area contributed by atoms with Crippen molar-refractivity contribution >= 4 is 27.5 Å². The molecule has 3 atom stereocenters. The summed E-state index contributed by atoms with van der Waals surface area (Å²) in [6, 6.07) is 5.70. The molecule has 1 fully saturated rings. The van der Waals surface area contributed by atoms with E-state index in [1.807, 2.05) is 18.2 Å². The molecule has 1 aliphatic rings. The van der Waals surface area contributed by atoms with Crippen molar-refractivity contribution in [1.29, 1.82) is 0 Å². The molecule has 1 aromatic rings. The van der Waals surface area contributed by atoms with E-state index < -0.39 is 6.10 Å². The molecule has 3 heteroatoms. The third-order valence-electron chi connectivity index (χ3n) is 3.89. The van der Waals surface area contributed by atoms with Crippen LogP contribution >= 0.6 is 27.5 Å². The molecule has 0 spiro atoms. The second-order valence-electron chi connectivity index (χ2n) is 5.83. The molecule has 0 heterocycles. The smallest absolute Gasteiger partial charge is 0.0819 e. The molecule has 0 amide bonds. The number of rotatable bonds is 2. The predicted molar refractivity (Wildman–Crippen MR) is 79.8 cm³/mol. The summed E-state index contributed by atoms with van der Waals surface area (Å²) in [5.74, 6) is 1.76. The predicted octanol–water partition coefficient (Wildman–Crippen LogP) is 5.21. The lowest BCUT2D eigenvalue weighted by Gasteiger charge is -2.34. The van der Waals surface area contributed by atoms with Crippen molar-refractivity contribution in [2.45, 2.75) is 39.2 Å². The van der Waals surface area contributed by atoms with E-state index in [9.17, 15) is 5.11 Å². The van der Waals surface area contributed by atoms with E-state index in [4.69, 9.17) is 11.6 Å². The molecule has 0 bridgehead atoms. The number of halogens is 2. The molecular weight excluding hydrogens is 312 g/mol. The third kappa shape index (κ3) is 3.49. The highest BCUT2D eigenvalue weighted by atomic mass is 79.9. The lowest BCUT2D eigenvalue weighted by molar-refractivity contribution is 0.0551. The summed E-state index contributed by atoms with van der Waals surface area (Å²) in [5.41, 5.74) is 0.931. The van der Waals surface area contributed by atoms with Gasteiger partial charge in [0, 0.05) is 9.50 Å². The summed E-state index contributed by atoms with van der Waals surface area (Å²) in [4.78, 5) is 0. The van der Waals surface area contributed by atoms with Crippen LogP contribution in [0.1, 0.15) is 44.8 Å². The van der Waals surface area contributed by atoms with Gasteiger partial charge in [0.25, 0.3) is 0 Å². The Balaban J connectivity index is 2.17. The molecule has 1 N–H and O–H groups in total. The summed E-state index contributed by atoms with van der Waals surface area (Å²) in [6.45, 7) is 4.56. The largest absolute Gasteiger partial charge is 0.388 e. The van der Waals surface area contributed by atoms with Crippen molar-refractivity contribution < 1.29 is 5.11 Å². The van der Waals surface area contributed by atoms with Gasteiger partial charge >= 0.3 is 0 Å². The maximum Gasteiger partial charge on any atom is 0.0819 e. The van der Waals surface area contributed by atoms with E-state index in [-0.39, 0.29) is 0 Å². The first-order valence-corrected chi connectivity index (χ1v) is 7.77. The van der Waals surface area contributed by atoms with Gasteiger partial charge in [-0.05, 0) is 60.8 Å². The van der Waals surface area contributed by atoms with Crippen LogP contribution in [0.3, 0.4) is 0 Å². The van der Waals surface area contributed by atoms with Gasteiger partial charge in [0.2, 0.25) is 0 Å². The van der Waals surface area contributed by atoms with Gasteiger partial charge in [-0.2, -0.15) is 0 Å². The van der Waals surface area contributed by atoms with Gasteiger partial charge < -0.3 is 5.11 Å². The average molecular weight is 332 g/mol. The number of benzene rings is 1. The van der Waals surface area contributed by atoms with Gasteiger partial charge in [-0.25, -0.2) is 0 Å². The Morgan fingerprint density at radius 1 is 1.17 bits per heavy atom. The quantitative estimate of drug-likeness (QED) is 0.789. The lowest BCUT2D eigenvalue weighted by Crippen LogP contribution is -2.24. The normalized spacial score (nSPS) is 30.2. The lowest BCUT2D eigenvalue weighted by atomic mass is 9.73. The van der Waals surface area contributed by atoms with Crippen LogP contribution in [0, 0.1) is 17.8 Å². The molecule has 0 aliphatic heterocycles. The van der Waals surface area contributed by atoms with Crippen LogP contribution in [0.2, 0.25) is 5.02 Å². The van der Waals surface area contributed by atoms with Crippen LogP contribution < -0.4 is 0 Å². The van der Waals surface area contributed by atoms with E-state index in [1.54, 1.807) is 0 Å². The van der Waals surface area contributed by atoms with Crippen LogP contribution in [-0.2, 0) is 0 Å². The summed E-state index contributed by atoms with van der Waals surface area (Å²) >= 11 is 9.48. The summed E-state index contributed by atoms with van der Waals surface area (Å²) < 4.78 is 0.931. The van der Waals surface area contributed by atoms with Crippen LogP contribution in [0.4, 0.5) is 0 Å². The van der Waals surface area contributed by atoms with Crippen molar-refractivity contribution in [2.24, 2.45) is 17.8 Å². The zero-order valence-electron chi connectivity index (χ0n) is 10.9. The second-order valence-corrected chi connectivity index (χ2v) is 7.18. The molecule has 1 saturated carbocycles. The first-order chi connectivity index (χ1) is 8.45. The van der Waals surface area contributed by atoms with Gasteiger partial charge in [-0.3, -0.25) is 0 Å². The van der Waals surface area contributed by atoms with Crippen LogP contribution in [0.5, 0.6) is 0 Å². The van der Waals surface area contributed by atoms with E-state index in [0.29, 0.717) is 22.8 Å². The molecule has 0 saturated heterocycles. The molecule has 1 aliphatic carbocycles. The fourth-order valence-electron chi connectivity index (χ4n) is 3.29. The third-order valence-corrected chi connectivity index (χ3v) is 4.56. The minimum atomic E-state index is -0.398. The van der Waals surface area contributed by atoms with E-state index in [2.05, 4.69) is 29.8 Å². The molecule has 100 valence electrons. The first-order valence-electron chi connectivity index (χ1n) is 6.59. The van der Waals surface area contributed by atoms with Gasteiger partial charge in [0.1, 0.15) is 0 Å². The first kappa shape index (κ1) is 14.4. The molecule has 1 aromatic carbocycles. The van der Waals surface area contributed by atoms with Gasteiger partial charge in [-0.15, -0.1) is 0 Å². The Kier molecular flexibility index (Phi) is 4.74. The highest BCUT2D eigenvalue weighted by molar-refractivity contribution is 9.10. The summed E-state index contributed by atoms with van der Waals surface area (Å²) in [6.07, 6.45) is 3.10. The molecule has 2 rings (SSSR count). The van der Waals surface area contributed by atoms with Crippen molar-refractivity contribution in [3.05, 3.63) is 33.3 Å². The average Bonchev–Trinajstić information content (AvgIpc) is 2.25. The number of hydrogen-bond acceptors (Lipinski definition) is 1. The Labute approximate surface area is 123 Å². The maximum atomic E-state index is 10.6. The topological polar surface area (TPSA) is 20.2 Å². The number of aliphatic hydroxyl groups is 1. The van der Waals surface area contributed by atoms with Crippen molar-refractivity contribution in [3.8, 4) is 0 Å². The van der Waals surface area contributed by atoms with E-state index in [1.165, 1.54) is 6.42 Å². The van der Waals surface area contributed by atoms with E-state index in [0.717, 1.165) is 22.9 Å². The van der Waals surface area contributed by atoms with Crippen LogP contribution in [0.25, 0.3) is 0 Å². The molecule has 0 aromatic heterocycles. The molecule has 0 radical (unpaired) electrons. The minimum absolute atomic E-state index is 0.356. The van der Waals surface area contributed by atoms with Crippen LogP contribution in [-0.4, -0.2) is 5.11 Å². The van der Waals surface area contributed by atoms with Gasteiger partial charge in [0.05, 0.1) is 6.10 Å². The Morgan fingerprint density at radius 3 is 2.33 bits per heavy atom. The maximum absolute atomic E-state index is 10.6. The molecular formula is C15H20BrClO. The monoisotopic (exact) mass is 330 g/mol. The SMILES string of the molecule is CC1CC(C)CC(C(O)c2cc(Cl)cc(Br)c2)C1. The highest BCUT2D eigenvalue weighted by Gasteiger charge is 2.29. The van der Waals surface area contributed by atoms with Crippen molar-refractivity contribution in [1.82, 2.24) is 0 Å². The fraction of sp³-hybridized carbons (Fsp3) is 0.600. The zero-order chi connectivity index (χ0) is 13.3. The number of hydrogen-bond donors (Lipinski definition) is 1. The molecule has 1 nitrogen and oxygen atoms in total. The Bertz CT molecular complexity index is 391. The molecule has 18 heavy (non-hydrogen) atoms. The Morgan fingerprint density at radius 2 is 1.78 bits per heavy atom. The van der Waals surface area contributed by atoms with Gasteiger partial charge in [0.15, 0.2) is 0 Å². The highest BCUT2D eigenvalue weighted by Crippen LogP contribution is 2.40. The summed E-state index contributed by atoms with van der Waals surface area (Å²) in [5, 5.41) is 11.2. The fourth-order valence-corrected chi connectivity index (χ4v) is 4.17. The van der Waals surface area contributed by atoms with Crippen LogP contribution in [0.15, 0.2) is 22.7 Å². The van der Waals surface area contributed by atoms with Crippen molar-refractivity contribution in [3.63, 3.8) is 0 Å². The summed E-state index contributed by atoms with van der Waals surface area (Å²) in [7, 11) is 0. The number of aliphatic hydroxyl groups excluding tert-OH is 1. The Hall–Kier alpha value is -0.0500.